The summed E-state index contributed by atoms with van der Waals surface area (Å²) in [5, 5.41) is 0. The van der Waals surface area contributed by atoms with Gasteiger partial charge in [-0.25, -0.2) is 0 Å². The summed E-state index contributed by atoms with van der Waals surface area (Å²) in [6.07, 6.45) is 0. The molecule has 0 saturated carbocycles. The summed E-state index contributed by atoms with van der Waals surface area (Å²) >= 11 is 4.38. The second-order valence-electron chi connectivity index (χ2n) is 6.00. The topological polar surface area (TPSA) is 0 Å². The molecule has 0 radical (unpaired) electrons. The Kier molecular flexibility index (Phi) is 6.81. The van der Waals surface area contributed by atoms with E-state index in [1.807, 2.05) is 0 Å². The summed E-state index contributed by atoms with van der Waals surface area (Å²) in [7, 11) is 0. The molecule has 0 N–H and O–H groups in total. The van der Waals surface area contributed by atoms with Gasteiger partial charge in [-0.15, -0.1) is 0 Å². The SMILES string of the molecule is [Li][C](C)(C)C.[Li][C](C)(C)C. The van der Waals surface area contributed by atoms with Crippen molar-refractivity contribution in [2.75, 3.05) is 0 Å². The van der Waals surface area contributed by atoms with Crippen molar-refractivity contribution in [2.24, 2.45) is 0 Å². The number of rotatable bonds is 0. The Hall–Kier alpha value is 1.19. The molecule has 0 fully saturated rings. The molecule has 2 heteroatoms. The Morgan fingerprint density at radius 3 is 0.600 bits per heavy atom. The van der Waals surface area contributed by atoms with Crippen LogP contribution in [0.3, 0.4) is 0 Å². The van der Waals surface area contributed by atoms with Crippen molar-refractivity contribution in [2.45, 2.75) is 49.7 Å². The maximum atomic E-state index is 2.19. The van der Waals surface area contributed by atoms with Crippen molar-refractivity contribution >= 4 is 35.4 Å². The van der Waals surface area contributed by atoms with Crippen molar-refractivity contribution in [3.8, 4) is 0 Å². The first-order chi connectivity index (χ1) is 4.00. The van der Waals surface area contributed by atoms with Crippen LogP contribution < -0.4 is 0 Å². The zero-order valence-electron chi connectivity index (χ0n) is 9.00. The fourth-order valence-corrected chi connectivity index (χ4v) is 0. The molecule has 0 saturated heterocycles. The Morgan fingerprint density at radius 2 is 0.600 bits per heavy atom. The van der Waals surface area contributed by atoms with E-state index in [0.29, 0.717) is 8.18 Å². The Labute approximate surface area is 84.9 Å². The fraction of sp³-hybridized carbons (Fsp3) is 1.00. The Morgan fingerprint density at radius 1 is 0.600 bits per heavy atom. The molecule has 0 aromatic rings. The van der Waals surface area contributed by atoms with Gasteiger partial charge in [0, 0.05) is 0 Å². The molecule has 0 aromatic heterocycles. The normalized spacial score (nSPS) is 12.2. The van der Waals surface area contributed by atoms with Crippen LogP contribution in [0.1, 0.15) is 41.5 Å². The Balaban J connectivity index is 0. The van der Waals surface area contributed by atoms with E-state index in [1.165, 1.54) is 0 Å². The van der Waals surface area contributed by atoms with Gasteiger partial charge < -0.3 is 0 Å². The molecule has 0 aliphatic heterocycles. The third-order valence-corrected chi connectivity index (χ3v) is 0. The van der Waals surface area contributed by atoms with Gasteiger partial charge in [0.1, 0.15) is 0 Å². The molecule has 0 aliphatic carbocycles. The number of hydrogen-bond donors (Lipinski definition) is 0. The van der Waals surface area contributed by atoms with Crippen molar-refractivity contribution in [1.82, 2.24) is 0 Å². The molecular weight excluding hydrogens is 110 g/mol. The minimum absolute atomic E-state index is 0.500. The van der Waals surface area contributed by atoms with Crippen LogP contribution in [-0.2, 0) is 0 Å². The second kappa shape index (κ2) is 4.95. The molecule has 0 aliphatic rings. The molecule has 0 unspecified atom stereocenters. The standard InChI is InChI=1S/2C4H9.2Li/c2*1-4(2)3;;/h2*1-3H3;;. The van der Waals surface area contributed by atoms with Crippen molar-refractivity contribution < 1.29 is 0 Å². The molecule has 0 atom stereocenters. The Bertz CT molecular complexity index is 50.2. The minimum atomic E-state index is 0.500. The third kappa shape index (κ3) is 433. The number of hydrogen-bond acceptors (Lipinski definition) is 0. The molecule has 0 aromatic carbocycles. The van der Waals surface area contributed by atoms with Crippen LogP contribution in [0.15, 0.2) is 0 Å². The van der Waals surface area contributed by atoms with E-state index in [-0.39, 0.29) is 0 Å². The van der Waals surface area contributed by atoms with Crippen molar-refractivity contribution in [3.63, 3.8) is 0 Å². The fourth-order valence-electron chi connectivity index (χ4n) is 0. The summed E-state index contributed by atoms with van der Waals surface area (Å²) in [5.74, 6) is 0. The van der Waals surface area contributed by atoms with E-state index in [9.17, 15) is 0 Å². The van der Waals surface area contributed by atoms with Gasteiger partial charge in [-0.1, -0.05) is 0 Å². The van der Waals surface area contributed by atoms with Crippen molar-refractivity contribution in [3.05, 3.63) is 0 Å². The molecule has 0 spiro atoms. The van der Waals surface area contributed by atoms with Crippen LogP contribution >= 0.6 is 0 Å². The first kappa shape index (κ1) is 13.8. The van der Waals surface area contributed by atoms with Gasteiger partial charge in [-0.05, 0) is 0 Å². The predicted molar refractivity (Wildman–Crippen MR) is 50.9 cm³/mol. The molecule has 0 amide bonds. The van der Waals surface area contributed by atoms with Gasteiger partial charge in [0.15, 0.2) is 0 Å². The van der Waals surface area contributed by atoms with E-state index >= 15 is 0 Å². The molecule has 52 valence electrons. The zero-order chi connectivity index (χ0) is 9.00. The maximum absolute atomic E-state index is 2.19. The van der Waals surface area contributed by atoms with E-state index in [1.54, 1.807) is 0 Å². The van der Waals surface area contributed by atoms with Crippen molar-refractivity contribution in [1.29, 1.82) is 0 Å². The van der Waals surface area contributed by atoms with E-state index in [0.717, 1.165) is 0 Å². The monoisotopic (exact) mass is 128 g/mol. The van der Waals surface area contributed by atoms with Crippen LogP contribution in [0.5, 0.6) is 0 Å². The van der Waals surface area contributed by atoms with E-state index in [2.05, 4.69) is 77.0 Å². The molecule has 0 heterocycles. The van der Waals surface area contributed by atoms with Gasteiger partial charge in [0.05, 0.1) is 0 Å². The van der Waals surface area contributed by atoms with Crippen LogP contribution in [0, 0.1) is 0 Å². The summed E-state index contributed by atoms with van der Waals surface area (Å²) in [4.78, 5) is 0. The molecule has 10 heavy (non-hydrogen) atoms. The first-order valence-corrected chi connectivity index (χ1v) is 4.00. The van der Waals surface area contributed by atoms with Crippen LogP contribution in [0.4, 0.5) is 0 Å². The third-order valence-electron chi connectivity index (χ3n) is 0. The van der Waals surface area contributed by atoms with Gasteiger partial charge >= 0.3 is 85.1 Å². The first-order valence-electron chi connectivity index (χ1n) is 4.00. The van der Waals surface area contributed by atoms with Gasteiger partial charge in [0.2, 0.25) is 0 Å². The quantitative estimate of drug-likeness (QED) is 0.440. The van der Waals surface area contributed by atoms with Gasteiger partial charge in [-0.3, -0.25) is 0 Å². The van der Waals surface area contributed by atoms with Crippen LogP contribution in [-0.4, -0.2) is 35.4 Å². The molecule has 0 bridgehead atoms. The predicted octanol–water partition coefficient (Wildman–Crippen LogP) is 2.75. The summed E-state index contributed by atoms with van der Waals surface area (Å²) < 4.78 is 1.00. The van der Waals surface area contributed by atoms with E-state index < -0.39 is 0 Å². The van der Waals surface area contributed by atoms with Crippen LogP contribution in [0.2, 0.25) is 8.18 Å². The zero-order valence-corrected chi connectivity index (χ0v) is 9.00. The van der Waals surface area contributed by atoms with Gasteiger partial charge in [-0.2, -0.15) is 0 Å². The summed E-state index contributed by atoms with van der Waals surface area (Å²) in [5.41, 5.74) is 0. The summed E-state index contributed by atoms with van der Waals surface area (Å²) in [6, 6.07) is 0. The molecule has 0 nitrogen and oxygen atoms in total. The average Bonchev–Trinajstić information content (AvgIpc) is 1.12. The molecule has 0 rings (SSSR count). The second-order valence-corrected chi connectivity index (χ2v) is 6.00. The summed E-state index contributed by atoms with van der Waals surface area (Å²) in [6.45, 7) is 13.1. The van der Waals surface area contributed by atoms with Gasteiger partial charge in [0.25, 0.3) is 0 Å². The average molecular weight is 128 g/mol. The molecular formula is C8H18Li2. The van der Waals surface area contributed by atoms with Crippen LogP contribution in [0.25, 0.3) is 0 Å². The van der Waals surface area contributed by atoms with E-state index in [4.69, 9.17) is 0 Å².